The number of nitrogens with zero attached hydrogens (tertiary/aromatic N) is 1. The molecule has 36 heavy (non-hydrogen) atoms. The Bertz CT molecular complexity index is 1110. The van der Waals surface area contributed by atoms with Crippen LogP contribution in [0.2, 0.25) is 0 Å². The Hall–Kier alpha value is -3.66. The lowest BCUT2D eigenvalue weighted by molar-refractivity contribution is -0.159. The smallest absolute Gasteiger partial charge is 0.414 e. The zero-order valence-corrected chi connectivity index (χ0v) is 20.7. The number of anilines is 1. The molecule has 194 valence electrons. The summed E-state index contributed by atoms with van der Waals surface area (Å²) in [6.07, 6.45) is 8.45. The summed E-state index contributed by atoms with van der Waals surface area (Å²) in [6.45, 7) is 1.02. The molecule has 1 aromatic heterocycles. The normalized spacial score (nSPS) is 13.5. The molecule has 0 unspecified atom stereocenters. The molecule has 1 heterocycles. The number of rotatable bonds is 8. The fraction of sp³-hybridized carbons (Fsp3) is 0.462. The Kier molecular flexibility index (Phi) is 9.63. The lowest BCUT2D eigenvalue weighted by atomic mass is 9.92. The summed E-state index contributed by atoms with van der Waals surface area (Å²) in [7, 11) is 3.27. The summed E-state index contributed by atoms with van der Waals surface area (Å²) in [6, 6.07) is 5.91. The second-order valence-corrected chi connectivity index (χ2v) is 8.67. The van der Waals surface area contributed by atoms with E-state index in [0.717, 1.165) is 67.8 Å². The van der Waals surface area contributed by atoms with E-state index in [0.29, 0.717) is 6.54 Å². The van der Waals surface area contributed by atoms with Gasteiger partial charge in [-0.25, -0.2) is 9.59 Å². The van der Waals surface area contributed by atoms with Gasteiger partial charge < -0.3 is 30.3 Å². The topological polar surface area (TPSA) is 147 Å². The van der Waals surface area contributed by atoms with Crippen molar-refractivity contribution in [3.8, 4) is 11.5 Å². The van der Waals surface area contributed by atoms with Gasteiger partial charge in [-0.1, -0.05) is 6.07 Å². The molecule has 2 aromatic rings. The molecule has 2 aliphatic carbocycles. The minimum atomic E-state index is -1.82. The Morgan fingerprint density at radius 1 is 0.889 bits per heavy atom. The number of hydrogen-bond acceptors (Lipinski definition) is 7. The highest BCUT2D eigenvalue weighted by Gasteiger charge is 2.25. The Morgan fingerprint density at radius 3 is 2.14 bits per heavy atom. The van der Waals surface area contributed by atoms with Crippen molar-refractivity contribution in [2.24, 2.45) is 0 Å². The number of nitrogens with one attached hydrogen (secondary N) is 2. The van der Waals surface area contributed by atoms with Crippen molar-refractivity contribution in [2.45, 2.75) is 51.4 Å². The van der Waals surface area contributed by atoms with Gasteiger partial charge in [0.05, 0.1) is 26.5 Å². The van der Waals surface area contributed by atoms with E-state index in [1.807, 2.05) is 18.2 Å². The second-order valence-electron chi connectivity index (χ2n) is 8.67. The van der Waals surface area contributed by atoms with E-state index < -0.39 is 11.9 Å². The van der Waals surface area contributed by atoms with Crippen molar-refractivity contribution in [3.63, 3.8) is 0 Å². The predicted molar refractivity (Wildman–Crippen MR) is 133 cm³/mol. The molecule has 1 aromatic carbocycles. The van der Waals surface area contributed by atoms with Gasteiger partial charge in [0.2, 0.25) is 5.91 Å². The molecule has 10 nitrogen and oxygen atoms in total. The first-order chi connectivity index (χ1) is 17.3. The summed E-state index contributed by atoms with van der Waals surface area (Å²) >= 11 is 0. The third-order valence-electron chi connectivity index (χ3n) is 6.27. The van der Waals surface area contributed by atoms with Crippen LogP contribution in [0.15, 0.2) is 18.2 Å². The van der Waals surface area contributed by atoms with Gasteiger partial charge in [-0.15, -0.1) is 0 Å². The third-order valence-corrected chi connectivity index (χ3v) is 6.27. The molecular weight excluding hydrogens is 466 g/mol. The molecular formula is C26H33N3O7. The summed E-state index contributed by atoms with van der Waals surface area (Å²) in [5.41, 5.74) is 7.17. The summed E-state index contributed by atoms with van der Waals surface area (Å²) in [5.74, 6) is -2.17. The third kappa shape index (κ3) is 6.94. The highest BCUT2D eigenvalue weighted by atomic mass is 16.5. The van der Waals surface area contributed by atoms with Crippen LogP contribution >= 0.6 is 0 Å². The van der Waals surface area contributed by atoms with E-state index in [1.54, 1.807) is 14.2 Å². The van der Waals surface area contributed by atoms with Gasteiger partial charge in [0.15, 0.2) is 11.5 Å². The molecule has 2 aliphatic rings. The van der Waals surface area contributed by atoms with Crippen molar-refractivity contribution in [2.75, 3.05) is 32.6 Å². The number of carboxylic acids is 2. The van der Waals surface area contributed by atoms with Crippen molar-refractivity contribution >= 4 is 23.5 Å². The number of ether oxygens (including phenoxy) is 2. The number of amides is 1. The molecule has 1 amide bonds. The van der Waals surface area contributed by atoms with Crippen LogP contribution < -0.4 is 20.1 Å². The van der Waals surface area contributed by atoms with Gasteiger partial charge in [0.25, 0.3) is 0 Å². The fourth-order valence-corrected chi connectivity index (χ4v) is 4.55. The number of benzene rings is 1. The molecule has 4 N–H and O–H groups in total. The standard InChI is InChI=1S/C24H31N3O3.C2H2O4/c1-29-21-11-10-16(14-22(21)30-2)12-13-25-15-23(28)27-24-17-6-3-4-8-19(17)26-20-9-5-7-18(20)24;3-1(4)2(5)6/h10-11,14,25H,3-9,12-13,15H2,1-2H3,(H,26,27,28);(H,3,4)(H,5,6). The maximum atomic E-state index is 12.7. The van der Waals surface area contributed by atoms with Gasteiger partial charge in [0, 0.05) is 11.4 Å². The predicted octanol–water partition coefficient (Wildman–Crippen LogP) is 2.39. The number of pyridine rings is 1. The summed E-state index contributed by atoms with van der Waals surface area (Å²) in [5, 5.41) is 21.3. The van der Waals surface area contributed by atoms with Crippen LogP contribution in [0.25, 0.3) is 0 Å². The van der Waals surface area contributed by atoms with Gasteiger partial charge >= 0.3 is 11.9 Å². The first-order valence-electron chi connectivity index (χ1n) is 12.0. The number of aromatic nitrogens is 1. The van der Waals surface area contributed by atoms with Crippen LogP contribution in [-0.4, -0.2) is 60.4 Å². The van der Waals surface area contributed by atoms with Crippen LogP contribution in [0.1, 0.15) is 47.3 Å². The molecule has 0 atom stereocenters. The average Bonchev–Trinajstić information content (AvgIpc) is 3.35. The first-order valence-corrected chi connectivity index (χ1v) is 12.0. The SMILES string of the molecule is COc1ccc(CCNCC(=O)Nc2c3c(nc4c2CCC4)CCCC3)cc1OC.O=C(O)C(=O)O. The summed E-state index contributed by atoms with van der Waals surface area (Å²) in [4.78, 5) is 35.8. The zero-order chi connectivity index (χ0) is 26.1. The van der Waals surface area contributed by atoms with E-state index in [-0.39, 0.29) is 5.91 Å². The van der Waals surface area contributed by atoms with Gasteiger partial charge in [0.1, 0.15) is 0 Å². The number of aliphatic carboxylic acids is 2. The van der Waals surface area contributed by atoms with Gasteiger partial charge in [-0.2, -0.15) is 0 Å². The number of hydrogen-bond donors (Lipinski definition) is 4. The number of carboxylic acid groups (broad SMARTS) is 2. The first kappa shape index (κ1) is 26.9. The van der Waals surface area contributed by atoms with Crippen molar-refractivity contribution < 1.29 is 34.1 Å². The number of carbonyl (C=O) groups excluding carboxylic acids is 1. The number of aryl methyl sites for hydroxylation is 2. The van der Waals surface area contributed by atoms with E-state index in [4.69, 9.17) is 34.3 Å². The lowest BCUT2D eigenvalue weighted by Crippen LogP contribution is -2.30. The van der Waals surface area contributed by atoms with Crippen LogP contribution in [0.5, 0.6) is 11.5 Å². The largest absolute Gasteiger partial charge is 0.493 e. The molecule has 0 aliphatic heterocycles. The molecule has 4 rings (SSSR count). The zero-order valence-electron chi connectivity index (χ0n) is 20.7. The van der Waals surface area contributed by atoms with Crippen LogP contribution in [-0.2, 0) is 46.5 Å². The van der Waals surface area contributed by atoms with E-state index >= 15 is 0 Å². The highest BCUT2D eigenvalue weighted by molar-refractivity contribution is 6.27. The van der Waals surface area contributed by atoms with E-state index in [2.05, 4.69) is 10.6 Å². The van der Waals surface area contributed by atoms with Gasteiger partial charge in [-0.3, -0.25) is 9.78 Å². The van der Waals surface area contributed by atoms with Crippen molar-refractivity contribution in [1.82, 2.24) is 10.3 Å². The van der Waals surface area contributed by atoms with Crippen LogP contribution in [0.3, 0.4) is 0 Å². The van der Waals surface area contributed by atoms with Crippen LogP contribution in [0, 0.1) is 0 Å². The Balaban J connectivity index is 0.000000538. The van der Waals surface area contributed by atoms with Crippen molar-refractivity contribution in [3.05, 3.63) is 46.3 Å². The van der Waals surface area contributed by atoms with E-state index in [9.17, 15) is 4.79 Å². The second kappa shape index (κ2) is 12.9. The molecule has 0 saturated heterocycles. The average molecular weight is 500 g/mol. The minimum absolute atomic E-state index is 0.0235. The number of carbonyl (C=O) groups is 3. The molecule has 0 radical (unpaired) electrons. The molecule has 10 heteroatoms. The van der Waals surface area contributed by atoms with Gasteiger partial charge in [-0.05, 0) is 86.7 Å². The maximum absolute atomic E-state index is 12.7. The van der Waals surface area contributed by atoms with E-state index in [1.165, 1.54) is 35.4 Å². The van der Waals surface area contributed by atoms with Crippen molar-refractivity contribution in [1.29, 1.82) is 0 Å². The Morgan fingerprint density at radius 2 is 1.50 bits per heavy atom. The Labute approximate surface area is 210 Å². The summed E-state index contributed by atoms with van der Waals surface area (Å²) < 4.78 is 10.6. The minimum Gasteiger partial charge on any atom is -0.493 e. The fourth-order valence-electron chi connectivity index (χ4n) is 4.55. The van der Waals surface area contributed by atoms with Crippen LogP contribution in [0.4, 0.5) is 5.69 Å². The molecule has 0 spiro atoms. The number of methoxy groups -OCH3 is 2. The lowest BCUT2D eigenvalue weighted by Gasteiger charge is -2.22. The monoisotopic (exact) mass is 499 g/mol. The quantitative estimate of drug-likeness (QED) is 0.317. The highest BCUT2D eigenvalue weighted by Crippen LogP contribution is 2.35. The molecule has 0 fully saturated rings. The maximum Gasteiger partial charge on any atom is 0.414 e. The number of fused-ring (bicyclic) bond motifs is 2. The molecule has 0 bridgehead atoms. The molecule has 0 saturated carbocycles.